The highest BCUT2D eigenvalue weighted by molar-refractivity contribution is 9.10. The van der Waals surface area contributed by atoms with Gasteiger partial charge in [-0.2, -0.15) is 4.31 Å². The third-order valence-corrected chi connectivity index (χ3v) is 7.42. The van der Waals surface area contributed by atoms with Gasteiger partial charge >= 0.3 is 0 Å². The van der Waals surface area contributed by atoms with Crippen molar-refractivity contribution in [3.05, 3.63) is 52.5 Å². The molecule has 2 aromatic rings. The minimum Gasteiger partial charge on any atom is -0.497 e. The quantitative estimate of drug-likeness (QED) is 0.591. The molecule has 0 aromatic heterocycles. The lowest BCUT2D eigenvalue weighted by Crippen LogP contribution is -2.39. The van der Waals surface area contributed by atoms with Crippen LogP contribution in [0.25, 0.3) is 0 Å². The highest BCUT2D eigenvalue weighted by Gasteiger charge is 2.39. The van der Waals surface area contributed by atoms with Crippen LogP contribution >= 0.6 is 15.9 Å². The average Bonchev–Trinajstić information content (AvgIpc) is 3.51. The molecule has 0 heterocycles. The minimum atomic E-state index is -3.74. The zero-order valence-electron chi connectivity index (χ0n) is 15.7. The van der Waals surface area contributed by atoms with Crippen molar-refractivity contribution >= 4 is 26.0 Å². The molecule has 1 saturated carbocycles. The van der Waals surface area contributed by atoms with Crippen molar-refractivity contribution in [2.75, 3.05) is 14.2 Å². The summed E-state index contributed by atoms with van der Waals surface area (Å²) in [4.78, 5) is 0.181. The fraction of sp³-hybridized carbons (Fsp3) is 0.400. The van der Waals surface area contributed by atoms with Gasteiger partial charge in [-0.05, 0) is 61.6 Å². The Morgan fingerprint density at radius 3 is 2.33 bits per heavy atom. The molecule has 1 aliphatic carbocycles. The Bertz CT molecular complexity index is 895. The lowest BCUT2D eigenvalue weighted by atomic mass is 10.1. The number of sulfonamides is 1. The maximum Gasteiger partial charge on any atom is 0.247 e. The third kappa shape index (κ3) is 4.47. The van der Waals surface area contributed by atoms with E-state index in [1.807, 2.05) is 31.2 Å². The summed E-state index contributed by atoms with van der Waals surface area (Å²) in [5, 5.41) is 0. The van der Waals surface area contributed by atoms with Crippen molar-refractivity contribution in [2.45, 2.75) is 37.2 Å². The molecule has 146 valence electrons. The molecule has 5 nitrogen and oxygen atoms in total. The maximum absolute atomic E-state index is 13.6. The van der Waals surface area contributed by atoms with Crippen LogP contribution in [-0.2, 0) is 16.6 Å². The van der Waals surface area contributed by atoms with Gasteiger partial charge in [0.2, 0.25) is 10.0 Å². The first-order chi connectivity index (χ1) is 12.9. The van der Waals surface area contributed by atoms with Crippen LogP contribution < -0.4 is 9.47 Å². The van der Waals surface area contributed by atoms with E-state index in [1.165, 1.54) is 7.11 Å². The predicted molar refractivity (Wildman–Crippen MR) is 109 cm³/mol. The van der Waals surface area contributed by atoms with Crippen LogP contribution in [0.15, 0.2) is 51.8 Å². The minimum absolute atomic E-state index is 0.0826. The van der Waals surface area contributed by atoms with Crippen molar-refractivity contribution in [1.29, 1.82) is 0 Å². The fourth-order valence-corrected chi connectivity index (χ4v) is 5.53. The SMILES string of the molecule is COc1ccc(CN(C(C)C2CC2)S(=O)(=O)c2cc(Br)ccc2OC)cc1. The summed E-state index contributed by atoms with van der Waals surface area (Å²) in [5.74, 6) is 1.49. The van der Waals surface area contributed by atoms with Crippen molar-refractivity contribution in [1.82, 2.24) is 4.31 Å². The first-order valence-corrected chi connectivity index (χ1v) is 11.1. The van der Waals surface area contributed by atoms with Gasteiger partial charge < -0.3 is 9.47 Å². The average molecular weight is 454 g/mol. The number of nitrogens with zero attached hydrogens (tertiary/aromatic N) is 1. The summed E-state index contributed by atoms with van der Waals surface area (Å²) in [6.45, 7) is 2.29. The van der Waals surface area contributed by atoms with Gasteiger partial charge in [0.25, 0.3) is 0 Å². The highest BCUT2D eigenvalue weighted by Crippen LogP contribution is 2.39. The van der Waals surface area contributed by atoms with Gasteiger partial charge in [0.15, 0.2) is 0 Å². The zero-order valence-corrected chi connectivity index (χ0v) is 18.1. The van der Waals surface area contributed by atoms with Crippen LogP contribution in [0.2, 0.25) is 0 Å². The Morgan fingerprint density at radius 1 is 1.11 bits per heavy atom. The van der Waals surface area contributed by atoms with Gasteiger partial charge in [-0.1, -0.05) is 28.1 Å². The van der Waals surface area contributed by atoms with Crippen molar-refractivity contribution in [3.63, 3.8) is 0 Å². The van der Waals surface area contributed by atoms with E-state index in [9.17, 15) is 8.42 Å². The molecule has 27 heavy (non-hydrogen) atoms. The second-order valence-electron chi connectivity index (χ2n) is 6.77. The molecule has 1 atom stereocenters. The second kappa shape index (κ2) is 8.20. The smallest absolute Gasteiger partial charge is 0.247 e. The summed E-state index contributed by atoms with van der Waals surface area (Å²) in [7, 11) is -0.639. The number of halogens is 1. The Morgan fingerprint density at radius 2 is 1.78 bits per heavy atom. The van der Waals surface area contributed by atoms with Gasteiger partial charge in [-0.25, -0.2) is 8.42 Å². The van der Waals surface area contributed by atoms with Gasteiger partial charge in [-0.3, -0.25) is 0 Å². The first-order valence-electron chi connectivity index (χ1n) is 8.85. The highest BCUT2D eigenvalue weighted by atomic mass is 79.9. The molecule has 0 bridgehead atoms. The molecule has 1 unspecified atom stereocenters. The third-order valence-electron chi connectivity index (χ3n) is 4.97. The van der Waals surface area contributed by atoms with Gasteiger partial charge in [0.05, 0.1) is 14.2 Å². The molecule has 0 saturated heterocycles. The maximum atomic E-state index is 13.6. The summed E-state index contributed by atoms with van der Waals surface area (Å²) < 4.78 is 40.0. The van der Waals surface area contributed by atoms with E-state index < -0.39 is 10.0 Å². The van der Waals surface area contributed by atoms with Crippen LogP contribution in [0.3, 0.4) is 0 Å². The second-order valence-corrected chi connectivity index (χ2v) is 9.55. The zero-order chi connectivity index (χ0) is 19.6. The fourth-order valence-electron chi connectivity index (χ4n) is 3.15. The summed E-state index contributed by atoms with van der Waals surface area (Å²) >= 11 is 3.38. The van der Waals surface area contributed by atoms with Gasteiger partial charge in [0, 0.05) is 17.1 Å². The Labute approximate surface area is 169 Å². The molecule has 0 aliphatic heterocycles. The van der Waals surface area contributed by atoms with E-state index >= 15 is 0 Å². The first kappa shape index (κ1) is 20.2. The molecule has 3 rings (SSSR count). The van der Waals surface area contributed by atoms with Crippen LogP contribution in [0.4, 0.5) is 0 Å². The molecular formula is C20H24BrNO4S. The molecule has 0 radical (unpaired) electrons. The van der Waals surface area contributed by atoms with E-state index in [0.29, 0.717) is 22.7 Å². The summed E-state index contributed by atoms with van der Waals surface area (Å²) in [6, 6.07) is 12.5. The lowest BCUT2D eigenvalue weighted by molar-refractivity contribution is 0.301. The van der Waals surface area contributed by atoms with E-state index in [1.54, 1.807) is 29.6 Å². The number of ether oxygens (including phenoxy) is 2. The molecule has 1 fully saturated rings. The van der Waals surface area contributed by atoms with Crippen molar-refractivity contribution in [3.8, 4) is 11.5 Å². The van der Waals surface area contributed by atoms with Crippen molar-refractivity contribution < 1.29 is 17.9 Å². The van der Waals surface area contributed by atoms with Crippen LogP contribution in [0.5, 0.6) is 11.5 Å². The number of benzene rings is 2. The lowest BCUT2D eigenvalue weighted by Gasteiger charge is -2.29. The van der Waals surface area contributed by atoms with E-state index in [0.717, 1.165) is 24.2 Å². The van der Waals surface area contributed by atoms with E-state index in [-0.39, 0.29) is 10.9 Å². The molecule has 2 aromatic carbocycles. The standard InChI is InChI=1S/C20H24BrNO4S/c1-14(16-6-7-16)22(13-15-4-9-18(25-2)10-5-15)27(23,24)20-12-17(21)8-11-19(20)26-3/h4-5,8-12,14,16H,6-7,13H2,1-3H3. The van der Waals surface area contributed by atoms with Crippen LogP contribution in [0.1, 0.15) is 25.3 Å². The number of rotatable bonds is 8. The summed E-state index contributed by atoms with van der Waals surface area (Å²) in [5.41, 5.74) is 0.917. The monoisotopic (exact) mass is 453 g/mol. The molecule has 0 amide bonds. The van der Waals surface area contributed by atoms with Gasteiger partial charge in [0.1, 0.15) is 16.4 Å². The molecule has 1 aliphatic rings. The topological polar surface area (TPSA) is 55.8 Å². The molecular weight excluding hydrogens is 430 g/mol. The Hall–Kier alpha value is -1.57. The van der Waals surface area contributed by atoms with E-state index in [2.05, 4.69) is 15.9 Å². The predicted octanol–water partition coefficient (Wildman–Crippen LogP) is 4.46. The molecule has 0 spiro atoms. The van der Waals surface area contributed by atoms with Gasteiger partial charge in [-0.15, -0.1) is 0 Å². The number of methoxy groups -OCH3 is 2. The van der Waals surface area contributed by atoms with E-state index in [4.69, 9.17) is 9.47 Å². The van der Waals surface area contributed by atoms with Crippen LogP contribution in [0, 0.1) is 5.92 Å². The normalized spacial score (nSPS) is 15.6. The Balaban J connectivity index is 2.00. The largest absolute Gasteiger partial charge is 0.497 e. The Kier molecular flexibility index (Phi) is 6.13. The number of hydrogen-bond acceptors (Lipinski definition) is 4. The summed E-state index contributed by atoms with van der Waals surface area (Å²) in [6.07, 6.45) is 2.12. The van der Waals surface area contributed by atoms with Crippen LogP contribution in [-0.4, -0.2) is 33.0 Å². The molecule has 0 N–H and O–H groups in total. The number of hydrogen-bond donors (Lipinski definition) is 0. The molecule has 7 heteroatoms. The van der Waals surface area contributed by atoms with Crippen molar-refractivity contribution in [2.24, 2.45) is 5.92 Å².